The molecule has 0 aromatic heterocycles. The molecule has 0 aliphatic carbocycles. The number of hydrogen-bond donors (Lipinski definition) is 2. The fourth-order valence-corrected chi connectivity index (χ4v) is 2.74. The van der Waals surface area contributed by atoms with E-state index in [-0.39, 0.29) is 29.3 Å². The summed E-state index contributed by atoms with van der Waals surface area (Å²) in [5.41, 5.74) is 0.535. The molecular formula is C22H27N3O7. The van der Waals surface area contributed by atoms with Crippen molar-refractivity contribution >= 4 is 17.7 Å². The zero-order valence-electron chi connectivity index (χ0n) is 18.7. The van der Waals surface area contributed by atoms with Gasteiger partial charge in [-0.3, -0.25) is 14.9 Å². The van der Waals surface area contributed by atoms with Crippen molar-refractivity contribution in [2.45, 2.75) is 39.5 Å². The van der Waals surface area contributed by atoms with Gasteiger partial charge in [-0.1, -0.05) is 24.3 Å². The molecular weight excluding hydrogens is 418 g/mol. The Morgan fingerprint density at radius 3 is 1.91 bits per heavy atom. The summed E-state index contributed by atoms with van der Waals surface area (Å²) in [4.78, 5) is 35.1. The average Bonchev–Trinajstić information content (AvgIpc) is 2.74. The van der Waals surface area contributed by atoms with Gasteiger partial charge in [0, 0.05) is 19.2 Å². The topological polar surface area (TPSA) is 129 Å². The lowest BCUT2D eigenvalue weighted by Crippen LogP contribution is -2.32. The predicted octanol–water partition coefficient (Wildman–Crippen LogP) is 3.57. The summed E-state index contributed by atoms with van der Waals surface area (Å²) in [6.07, 6.45) is -0.509. The molecule has 2 N–H and O–H groups in total. The van der Waals surface area contributed by atoms with E-state index in [0.717, 1.165) is 17.2 Å². The summed E-state index contributed by atoms with van der Waals surface area (Å²) < 4.78 is 15.4. The van der Waals surface area contributed by atoms with Crippen molar-refractivity contribution in [3.8, 4) is 11.5 Å². The minimum Gasteiger partial charge on any atom is -0.493 e. The number of benzene rings is 2. The summed E-state index contributed by atoms with van der Waals surface area (Å²) in [6.45, 7) is 5.80. The predicted molar refractivity (Wildman–Crippen MR) is 117 cm³/mol. The Morgan fingerprint density at radius 2 is 1.44 bits per heavy atom. The quantitative estimate of drug-likeness (QED) is 0.469. The lowest BCUT2D eigenvalue weighted by Gasteiger charge is -2.19. The SMILES string of the molecule is COc1cc(C(=O)NCc2ccc(CNC(=O)OC(C)(C)C)cc2)c([N+](=O)[O-])cc1OC. The van der Waals surface area contributed by atoms with E-state index >= 15 is 0 Å². The Hall–Kier alpha value is -3.82. The van der Waals surface area contributed by atoms with Gasteiger partial charge in [0.2, 0.25) is 0 Å². The minimum absolute atomic E-state index is 0.133. The molecule has 10 nitrogen and oxygen atoms in total. The second-order valence-corrected chi connectivity index (χ2v) is 7.84. The van der Waals surface area contributed by atoms with E-state index in [1.165, 1.54) is 20.3 Å². The number of nitro benzene ring substituents is 1. The van der Waals surface area contributed by atoms with E-state index in [0.29, 0.717) is 6.54 Å². The molecule has 2 amide bonds. The van der Waals surface area contributed by atoms with E-state index in [1.54, 1.807) is 45.0 Å². The van der Waals surface area contributed by atoms with Gasteiger partial charge < -0.3 is 24.8 Å². The van der Waals surface area contributed by atoms with Gasteiger partial charge in [-0.05, 0) is 31.9 Å². The lowest BCUT2D eigenvalue weighted by molar-refractivity contribution is -0.385. The lowest BCUT2D eigenvalue weighted by atomic mass is 10.1. The summed E-state index contributed by atoms with van der Waals surface area (Å²) in [5, 5.41) is 16.7. The van der Waals surface area contributed by atoms with Gasteiger partial charge in [-0.25, -0.2) is 4.79 Å². The average molecular weight is 445 g/mol. The van der Waals surface area contributed by atoms with Crippen LogP contribution in [0.15, 0.2) is 36.4 Å². The largest absolute Gasteiger partial charge is 0.493 e. The highest BCUT2D eigenvalue weighted by molar-refractivity contribution is 5.99. The molecule has 0 saturated heterocycles. The normalized spacial score (nSPS) is 10.8. The summed E-state index contributed by atoms with van der Waals surface area (Å²) >= 11 is 0. The summed E-state index contributed by atoms with van der Waals surface area (Å²) in [7, 11) is 2.73. The van der Waals surface area contributed by atoms with Crippen molar-refractivity contribution in [2.24, 2.45) is 0 Å². The molecule has 32 heavy (non-hydrogen) atoms. The molecule has 0 fully saturated rings. The molecule has 0 atom stereocenters. The first kappa shape index (κ1) is 24.4. The Balaban J connectivity index is 2.01. The number of nitro groups is 1. The van der Waals surface area contributed by atoms with Gasteiger partial charge in [0.1, 0.15) is 11.2 Å². The van der Waals surface area contributed by atoms with Crippen molar-refractivity contribution in [1.29, 1.82) is 0 Å². The Morgan fingerprint density at radius 1 is 0.938 bits per heavy atom. The third kappa shape index (κ3) is 6.86. The van der Waals surface area contributed by atoms with E-state index < -0.39 is 22.5 Å². The van der Waals surface area contributed by atoms with Gasteiger partial charge in [0.15, 0.2) is 11.5 Å². The Bertz CT molecular complexity index is 982. The molecule has 2 rings (SSSR count). The standard InChI is InChI=1S/C22H27N3O7/c1-22(2,3)32-21(27)24-13-15-8-6-14(7-9-15)12-23-20(26)16-10-18(30-4)19(31-5)11-17(16)25(28)29/h6-11H,12-13H2,1-5H3,(H,23,26)(H,24,27). The molecule has 0 spiro atoms. The van der Waals surface area contributed by atoms with Crippen LogP contribution in [0.1, 0.15) is 42.3 Å². The van der Waals surface area contributed by atoms with E-state index in [1.807, 2.05) is 0 Å². The molecule has 0 aliphatic rings. The van der Waals surface area contributed by atoms with Crippen molar-refractivity contribution in [2.75, 3.05) is 14.2 Å². The monoisotopic (exact) mass is 445 g/mol. The highest BCUT2D eigenvalue weighted by Crippen LogP contribution is 2.34. The number of carbonyl (C=O) groups excluding carboxylic acids is 2. The van der Waals surface area contributed by atoms with Crippen LogP contribution in [0.25, 0.3) is 0 Å². The molecule has 0 saturated carbocycles. The third-order valence-corrected chi connectivity index (χ3v) is 4.25. The van der Waals surface area contributed by atoms with Crippen LogP contribution in [0, 0.1) is 10.1 Å². The van der Waals surface area contributed by atoms with E-state index in [9.17, 15) is 19.7 Å². The van der Waals surface area contributed by atoms with E-state index in [2.05, 4.69) is 10.6 Å². The van der Waals surface area contributed by atoms with Crippen molar-refractivity contribution < 1.29 is 28.7 Å². The highest BCUT2D eigenvalue weighted by Gasteiger charge is 2.24. The van der Waals surface area contributed by atoms with Crippen LogP contribution in [0.4, 0.5) is 10.5 Å². The van der Waals surface area contributed by atoms with Gasteiger partial charge >= 0.3 is 6.09 Å². The van der Waals surface area contributed by atoms with E-state index in [4.69, 9.17) is 14.2 Å². The number of alkyl carbamates (subject to hydrolysis) is 1. The molecule has 2 aromatic carbocycles. The van der Waals surface area contributed by atoms with Crippen LogP contribution in [-0.4, -0.2) is 36.7 Å². The Kier molecular flexibility index (Phi) is 8.00. The van der Waals surface area contributed by atoms with Crippen LogP contribution in [-0.2, 0) is 17.8 Å². The third-order valence-electron chi connectivity index (χ3n) is 4.25. The summed E-state index contributed by atoms with van der Waals surface area (Å²) in [6, 6.07) is 9.61. The second-order valence-electron chi connectivity index (χ2n) is 7.84. The van der Waals surface area contributed by atoms with Gasteiger partial charge in [-0.2, -0.15) is 0 Å². The van der Waals surface area contributed by atoms with Crippen LogP contribution in [0.2, 0.25) is 0 Å². The first-order valence-electron chi connectivity index (χ1n) is 9.77. The number of nitrogens with one attached hydrogen (secondary N) is 2. The number of carbonyl (C=O) groups is 2. The molecule has 0 bridgehead atoms. The maximum Gasteiger partial charge on any atom is 0.407 e. The van der Waals surface area contributed by atoms with Crippen LogP contribution in [0.5, 0.6) is 11.5 Å². The van der Waals surface area contributed by atoms with Gasteiger partial charge in [-0.15, -0.1) is 0 Å². The molecule has 0 heterocycles. The molecule has 10 heteroatoms. The van der Waals surface area contributed by atoms with Crippen molar-refractivity contribution in [3.05, 3.63) is 63.2 Å². The number of rotatable bonds is 8. The van der Waals surface area contributed by atoms with Gasteiger partial charge in [0.25, 0.3) is 11.6 Å². The summed E-state index contributed by atoms with van der Waals surface area (Å²) in [5.74, 6) is -0.246. The molecule has 0 unspecified atom stereocenters. The van der Waals surface area contributed by atoms with Gasteiger partial charge in [0.05, 0.1) is 25.2 Å². The highest BCUT2D eigenvalue weighted by atomic mass is 16.6. The fourth-order valence-electron chi connectivity index (χ4n) is 2.74. The van der Waals surface area contributed by atoms with Crippen LogP contribution >= 0.6 is 0 Å². The first-order valence-corrected chi connectivity index (χ1v) is 9.77. The zero-order chi connectivity index (χ0) is 23.9. The maximum atomic E-state index is 12.6. The fraction of sp³-hybridized carbons (Fsp3) is 0.364. The molecule has 0 aliphatic heterocycles. The minimum atomic E-state index is -0.649. The van der Waals surface area contributed by atoms with Crippen LogP contribution in [0.3, 0.4) is 0 Å². The first-order chi connectivity index (χ1) is 15.0. The molecule has 0 radical (unpaired) electrons. The van der Waals surface area contributed by atoms with Crippen molar-refractivity contribution in [1.82, 2.24) is 10.6 Å². The Labute approximate surface area is 186 Å². The maximum absolute atomic E-state index is 12.6. The number of hydrogen-bond acceptors (Lipinski definition) is 7. The second kappa shape index (κ2) is 10.5. The number of nitrogens with zero attached hydrogens (tertiary/aromatic N) is 1. The molecule has 2 aromatic rings. The van der Waals surface area contributed by atoms with Crippen LogP contribution < -0.4 is 20.1 Å². The number of ether oxygens (including phenoxy) is 3. The number of methoxy groups -OCH3 is 2. The van der Waals surface area contributed by atoms with Crippen molar-refractivity contribution in [3.63, 3.8) is 0 Å². The zero-order valence-corrected chi connectivity index (χ0v) is 18.7. The number of amides is 2. The molecule has 172 valence electrons. The smallest absolute Gasteiger partial charge is 0.407 e.